The number of aromatic nitrogens is 1. The molecule has 0 unspecified atom stereocenters. The second kappa shape index (κ2) is 8.46. The summed E-state index contributed by atoms with van der Waals surface area (Å²) >= 11 is 7.58. The number of nitrogens with one attached hydrogen (secondary N) is 2. The van der Waals surface area contributed by atoms with Crippen molar-refractivity contribution in [3.63, 3.8) is 0 Å². The fourth-order valence-electron chi connectivity index (χ4n) is 2.75. The average molecular weight is 474 g/mol. The van der Waals surface area contributed by atoms with Gasteiger partial charge in [0.25, 0.3) is 0 Å². The highest BCUT2D eigenvalue weighted by Gasteiger charge is 2.09. The van der Waals surface area contributed by atoms with E-state index in [0.717, 1.165) is 28.3 Å². The number of nitrogens with zero attached hydrogens (tertiary/aromatic N) is 2. The normalized spacial score (nSPS) is 10.9. The minimum atomic E-state index is 0.457. The molecular weight excluding hydrogens is 455 g/mol. The number of rotatable bonds is 4. The third-order valence-electron chi connectivity index (χ3n) is 3.96. The van der Waals surface area contributed by atoms with Gasteiger partial charge in [0.2, 0.25) is 0 Å². The van der Waals surface area contributed by atoms with Gasteiger partial charge in [0.1, 0.15) is 0 Å². The third kappa shape index (κ3) is 4.50. The van der Waals surface area contributed by atoms with Gasteiger partial charge in [-0.05, 0) is 91.1 Å². The molecule has 0 radical (unpaired) electrons. The molecule has 132 valence electrons. The standard InChI is InChI=1S/C20H19IN4S/c1-14-12-16(15(2)25(14)19-10-8-17(21)9-11-19)13-22-24-20(26)23-18-6-4-3-5-7-18/h3-13H,1-2H3,(H2,23,24,26)/b22-13+. The zero-order chi connectivity index (χ0) is 18.5. The van der Waals surface area contributed by atoms with Gasteiger partial charge in [-0.25, -0.2) is 0 Å². The number of thiocarbonyl (C=S) groups is 1. The van der Waals surface area contributed by atoms with Crippen LogP contribution in [0.15, 0.2) is 65.8 Å². The van der Waals surface area contributed by atoms with Crippen molar-refractivity contribution in [2.75, 3.05) is 5.32 Å². The number of benzene rings is 2. The summed E-state index contributed by atoms with van der Waals surface area (Å²) in [4.78, 5) is 0. The van der Waals surface area contributed by atoms with Crippen LogP contribution >= 0.6 is 34.8 Å². The smallest absolute Gasteiger partial charge is 0.191 e. The van der Waals surface area contributed by atoms with Crippen LogP contribution in [0.4, 0.5) is 5.69 Å². The predicted octanol–water partition coefficient (Wildman–Crippen LogP) is 5.02. The molecule has 0 spiro atoms. The summed E-state index contributed by atoms with van der Waals surface area (Å²) in [5.74, 6) is 0. The van der Waals surface area contributed by atoms with Crippen molar-refractivity contribution in [2.24, 2.45) is 5.10 Å². The van der Waals surface area contributed by atoms with E-state index >= 15 is 0 Å². The molecule has 6 heteroatoms. The molecule has 0 saturated carbocycles. The SMILES string of the molecule is Cc1cc(/C=N/NC(=S)Nc2ccccc2)c(C)n1-c1ccc(I)cc1. The summed E-state index contributed by atoms with van der Waals surface area (Å²) in [5, 5.41) is 7.82. The van der Waals surface area contributed by atoms with Crippen molar-refractivity contribution >= 4 is 51.8 Å². The highest BCUT2D eigenvalue weighted by molar-refractivity contribution is 14.1. The van der Waals surface area contributed by atoms with E-state index in [-0.39, 0.29) is 0 Å². The number of hydrazone groups is 1. The monoisotopic (exact) mass is 474 g/mol. The van der Waals surface area contributed by atoms with Crippen molar-refractivity contribution in [1.82, 2.24) is 9.99 Å². The van der Waals surface area contributed by atoms with Crippen molar-refractivity contribution in [1.29, 1.82) is 0 Å². The number of anilines is 1. The summed E-state index contributed by atoms with van der Waals surface area (Å²) in [6.45, 7) is 4.18. The van der Waals surface area contributed by atoms with E-state index in [1.165, 1.54) is 3.57 Å². The quantitative estimate of drug-likeness (QED) is 0.242. The highest BCUT2D eigenvalue weighted by Crippen LogP contribution is 2.20. The largest absolute Gasteiger partial charge is 0.331 e. The molecule has 0 aliphatic carbocycles. The second-order valence-electron chi connectivity index (χ2n) is 5.83. The van der Waals surface area contributed by atoms with Crippen molar-refractivity contribution < 1.29 is 0 Å². The Balaban J connectivity index is 1.70. The first-order valence-electron chi connectivity index (χ1n) is 8.14. The van der Waals surface area contributed by atoms with Gasteiger partial charge in [0.05, 0.1) is 6.21 Å². The molecule has 2 N–H and O–H groups in total. The molecule has 26 heavy (non-hydrogen) atoms. The topological polar surface area (TPSA) is 41.4 Å². The molecule has 3 aromatic rings. The van der Waals surface area contributed by atoms with Crippen LogP contribution in [0.2, 0.25) is 0 Å². The van der Waals surface area contributed by atoms with E-state index in [1.807, 2.05) is 30.3 Å². The number of halogens is 1. The summed E-state index contributed by atoms with van der Waals surface area (Å²) < 4.78 is 3.44. The Labute approximate surface area is 172 Å². The van der Waals surface area contributed by atoms with E-state index in [4.69, 9.17) is 12.2 Å². The lowest BCUT2D eigenvalue weighted by atomic mass is 10.2. The predicted molar refractivity (Wildman–Crippen MR) is 121 cm³/mol. The number of hydrogen-bond donors (Lipinski definition) is 2. The third-order valence-corrected chi connectivity index (χ3v) is 4.87. The van der Waals surface area contributed by atoms with Crippen LogP contribution in [0.5, 0.6) is 0 Å². The Morgan fingerprint density at radius 1 is 1.08 bits per heavy atom. The van der Waals surface area contributed by atoms with Crippen LogP contribution in [0.1, 0.15) is 17.0 Å². The lowest BCUT2D eigenvalue weighted by Crippen LogP contribution is -2.23. The van der Waals surface area contributed by atoms with Crippen LogP contribution in [-0.2, 0) is 0 Å². The molecule has 4 nitrogen and oxygen atoms in total. The molecule has 0 fully saturated rings. The molecule has 3 rings (SSSR count). The maximum Gasteiger partial charge on any atom is 0.191 e. The Morgan fingerprint density at radius 2 is 1.77 bits per heavy atom. The van der Waals surface area contributed by atoms with Gasteiger partial charge in [-0.2, -0.15) is 5.10 Å². The van der Waals surface area contributed by atoms with Crippen molar-refractivity contribution in [2.45, 2.75) is 13.8 Å². The van der Waals surface area contributed by atoms with Crippen LogP contribution in [-0.4, -0.2) is 15.9 Å². The van der Waals surface area contributed by atoms with Gasteiger partial charge in [0, 0.05) is 31.9 Å². The molecule has 2 aromatic carbocycles. The number of para-hydroxylation sites is 1. The van der Waals surface area contributed by atoms with Crippen LogP contribution in [0, 0.1) is 17.4 Å². The van der Waals surface area contributed by atoms with E-state index in [0.29, 0.717) is 5.11 Å². The Hall–Kier alpha value is -2.19. The highest BCUT2D eigenvalue weighted by atomic mass is 127. The van der Waals surface area contributed by atoms with Gasteiger partial charge in [-0.3, -0.25) is 5.43 Å². The molecule has 0 bridgehead atoms. The van der Waals surface area contributed by atoms with Crippen LogP contribution in [0.3, 0.4) is 0 Å². The van der Waals surface area contributed by atoms with Gasteiger partial charge < -0.3 is 9.88 Å². The molecule has 0 atom stereocenters. The van der Waals surface area contributed by atoms with E-state index in [9.17, 15) is 0 Å². The Kier molecular flexibility index (Phi) is 6.05. The average Bonchev–Trinajstić information content (AvgIpc) is 2.90. The van der Waals surface area contributed by atoms with Crippen molar-refractivity contribution in [3.05, 3.63) is 81.2 Å². The zero-order valence-electron chi connectivity index (χ0n) is 14.5. The molecule has 0 amide bonds. The second-order valence-corrected chi connectivity index (χ2v) is 7.48. The maximum atomic E-state index is 5.26. The molecule has 1 heterocycles. The molecule has 0 aliphatic rings. The summed E-state index contributed by atoms with van der Waals surface area (Å²) in [7, 11) is 0. The lowest BCUT2D eigenvalue weighted by Gasteiger charge is -2.09. The summed E-state index contributed by atoms with van der Waals surface area (Å²) in [6, 6.07) is 20.4. The minimum absolute atomic E-state index is 0.457. The first-order valence-corrected chi connectivity index (χ1v) is 9.63. The van der Waals surface area contributed by atoms with Gasteiger partial charge >= 0.3 is 0 Å². The zero-order valence-corrected chi connectivity index (χ0v) is 17.5. The molecular formula is C20H19IN4S. The minimum Gasteiger partial charge on any atom is -0.331 e. The first kappa shape index (κ1) is 18.6. The fraction of sp³-hybridized carbons (Fsp3) is 0.100. The van der Waals surface area contributed by atoms with Crippen LogP contribution < -0.4 is 10.7 Å². The maximum absolute atomic E-state index is 5.26. The van der Waals surface area contributed by atoms with E-state index in [2.05, 4.69) is 87.2 Å². The van der Waals surface area contributed by atoms with Gasteiger partial charge in [0.15, 0.2) is 5.11 Å². The lowest BCUT2D eigenvalue weighted by molar-refractivity contribution is 0.963. The molecule has 0 aliphatic heterocycles. The van der Waals surface area contributed by atoms with E-state index < -0.39 is 0 Å². The first-order chi connectivity index (χ1) is 12.5. The van der Waals surface area contributed by atoms with Crippen LogP contribution in [0.25, 0.3) is 5.69 Å². The van der Waals surface area contributed by atoms with Crippen molar-refractivity contribution in [3.8, 4) is 5.69 Å². The number of aryl methyl sites for hydroxylation is 1. The van der Waals surface area contributed by atoms with E-state index in [1.54, 1.807) is 6.21 Å². The molecule has 1 aromatic heterocycles. The Bertz CT molecular complexity index is 930. The summed E-state index contributed by atoms with van der Waals surface area (Å²) in [5.41, 5.74) is 8.29. The molecule has 0 saturated heterocycles. The summed E-state index contributed by atoms with van der Waals surface area (Å²) in [6.07, 6.45) is 1.80. The fourth-order valence-corrected chi connectivity index (χ4v) is 3.28. The number of hydrogen-bond acceptors (Lipinski definition) is 2. The van der Waals surface area contributed by atoms with Gasteiger partial charge in [-0.1, -0.05) is 18.2 Å². The van der Waals surface area contributed by atoms with Gasteiger partial charge in [-0.15, -0.1) is 0 Å². The Morgan fingerprint density at radius 3 is 2.46 bits per heavy atom.